The van der Waals surface area contributed by atoms with Crippen molar-refractivity contribution in [3.63, 3.8) is 0 Å². The number of pyridine rings is 1. The Balaban J connectivity index is 1.81. The molecule has 1 aromatic heterocycles. The second kappa shape index (κ2) is 8.38. The summed E-state index contributed by atoms with van der Waals surface area (Å²) in [6, 6.07) is 8.10. The average molecular weight is 409 g/mol. The molecule has 1 aliphatic rings. The molecule has 2 heterocycles. The molecule has 5 nitrogen and oxygen atoms in total. The molecule has 1 aliphatic heterocycles. The van der Waals surface area contributed by atoms with E-state index in [1.807, 2.05) is 45.3 Å². The summed E-state index contributed by atoms with van der Waals surface area (Å²) in [5.41, 5.74) is 5.76. The largest absolute Gasteiger partial charge is 0.388 e. The molecule has 0 spiro atoms. The van der Waals surface area contributed by atoms with Crippen molar-refractivity contribution in [3.8, 4) is 11.1 Å². The summed E-state index contributed by atoms with van der Waals surface area (Å²) in [6.45, 7) is 13.6. The van der Waals surface area contributed by atoms with Crippen LogP contribution in [0.1, 0.15) is 62.2 Å². The van der Waals surface area contributed by atoms with Gasteiger partial charge in [-0.3, -0.25) is 9.78 Å². The van der Waals surface area contributed by atoms with Gasteiger partial charge in [0.05, 0.1) is 0 Å². The van der Waals surface area contributed by atoms with E-state index in [4.69, 9.17) is 0 Å². The lowest BCUT2D eigenvalue weighted by atomic mass is 9.76. The first-order chi connectivity index (χ1) is 14.0. The number of piperidine rings is 1. The Labute approximate surface area is 181 Å². The normalized spacial score (nSPS) is 18.1. The Morgan fingerprint density at radius 2 is 1.77 bits per heavy atom. The van der Waals surface area contributed by atoms with E-state index in [2.05, 4.69) is 54.7 Å². The van der Waals surface area contributed by atoms with Gasteiger partial charge in [-0.1, -0.05) is 6.07 Å². The second-order valence-corrected chi connectivity index (χ2v) is 10.0. The van der Waals surface area contributed by atoms with Crippen LogP contribution in [0, 0.1) is 19.8 Å². The van der Waals surface area contributed by atoms with E-state index in [1.165, 1.54) is 0 Å². The number of rotatable bonds is 5. The van der Waals surface area contributed by atoms with Gasteiger partial charge in [-0.15, -0.1) is 0 Å². The Kier molecular flexibility index (Phi) is 6.23. The van der Waals surface area contributed by atoms with Crippen molar-refractivity contribution in [3.05, 3.63) is 47.3 Å². The van der Waals surface area contributed by atoms with Gasteiger partial charge in [0.2, 0.25) is 0 Å². The van der Waals surface area contributed by atoms with Crippen LogP contribution in [0.5, 0.6) is 0 Å². The molecule has 1 fully saturated rings. The van der Waals surface area contributed by atoms with Crippen LogP contribution in [0.2, 0.25) is 0 Å². The minimum Gasteiger partial charge on any atom is -0.388 e. The molecule has 162 valence electrons. The maximum Gasteiger partial charge on any atom is 0.251 e. The van der Waals surface area contributed by atoms with E-state index >= 15 is 0 Å². The molecule has 0 saturated carbocycles. The molecule has 0 atom stereocenters. The first kappa shape index (κ1) is 22.3. The monoisotopic (exact) mass is 408 g/mol. The smallest absolute Gasteiger partial charge is 0.251 e. The minimum absolute atomic E-state index is 0.0138. The number of aromatic nitrogens is 1. The van der Waals surface area contributed by atoms with Gasteiger partial charge in [0.1, 0.15) is 0 Å². The van der Waals surface area contributed by atoms with Gasteiger partial charge in [0.15, 0.2) is 0 Å². The van der Waals surface area contributed by atoms with Crippen LogP contribution in [0.25, 0.3) is 11.1 Å². The van der Waals surface area contributed by atoms with E-state index in [0.717, 1.165) is 40.9 Å². The number of hydrogen-bond donors (Lipinski definition) is 3. The van der Waals surface area contributed by atoms with Crippen LogP contribution < -0.4 is 16.0 Å². The number of nitrogens with one attached hydrogen (secondary N) is 3. The lowest BCUT2D eigenvalue weighted by Crippen LogP contribution is -2.59. The Hall–Kier alpha value is -2.40. The van der Waals surface area contributed by atoms with Gasteiger partial charge >= 0.3 is 0 Å². The fourth-order valence-electron chi connectivity index (χ4n) is 5.03. The SMILES string of the molecule is CNc1cc(-c2ccc(C)nc2)cc(C(=O)NCC2CC(C)(C)NC(C)(C)C2)c1C. The third kappa shape index (κ3) is 5.20. The van der Waals surface area contributed by atoms with Crippen molar-refractivity contribution < 1.29 is 4.79 Å². The summed E-state index contributed by atoms with van der Waals surface area (Å²) in [7, 11) is 1.89. The summed E-state index contributed by atoms with van der Waals surface area (Å²) >= 11 is 0. The molecule has 30 heavy (non-hydrogen) atoms. The first-order valence-corrected chi connectivity index (χ1v) is 10.8. The average Bonchev–Trinajstić information content (AvgIpc) is 2.64. The van der Waals surface area contributed by atoms with Gasteiger partial charge in [-0.25, -0.2) is 0 Å². The van der Waals surface area contributed by atoms with Crippen LogP contribution in [0.3, 0.4) is 0 Å². The van der Waals surface area contributed by atoms with Crippen molar-refractivity contribution in [2.75, 3.05) is 18.9 Å². The van der Waals surface area contributed by atoms with Crippen LogP contribution in [0.15, 0.2) is 30.5 Å². The van der Waals surface area contributed by atoms with Crippen molar-refractivity contribution >= 4 is 11.6 Å². The number of amides is 1. The predicted octanol–water partition coefficient (Wildman–Crippen LogP) is 4.69. The van der Waals surface area contributed by atoms with Crippen LogP contribution in [0.4, 0.5) is 5.69 Å². The van der Waals surface area contributed by atoms with E-state index in [1.54, 1.807) is 0 Å². The summed E-state index contributed by atoms with van der Waals surface area (Å²) < 4.78 is 0. The van der Waals surface area contributed by atoms with Crippen LogP contribution in [-0.2, 0) is 0 Å². The fourth-order valence-corrected chi connectivity index (χ4v) is 5.03. The fraction of sp³-hybridized carbons (Fsp3) is 0.520. The Morgan fingerprint density at radius 1 is 1.10 bits per heavy atom. The molecular weight excluding hydrogens is 372 g/mol. The number of aryl methyl sites for hydroxylation is 1. The molecular formula is C25H36N4O. The van der Waals surface area contributed by atoms with Gasteiger partial charge in [0, 0.05) is 53.4 Å². The number of benzene rings is 1. The zero-order chi connectivity index (χ0) is 22.1. The minimum atomic E-state index is -0.0138. The van der Waals surface area contributed by atoms with Crippen molar-refractivity contribution in [1.82, 2.24) is 15.6 Å². The first-order valence-electron chi connectivity index (χ1n) is 10.8. The molecule has 5 heteroatoms. The van der Waals surface area contributed by atoms with E-state index in [9.17, 15) is 4.79 Å². The van der Waals surface area contributed by atoms with Gasteiger partial charge < -0.3 is 16.0 Å². The molecule has 3 N–H and O–H groups in total. The molecule has 1 amide bonds. The molecule has 1 saturated heterocycles. The summed E-state index contributed by atoms with van der Waals surface area (Å²) in [4.78, 5) is 17.6. The quantitative estimate of drug-likeness (QED) is 0.671. The number of carbonyl (C=O) groups excluding carboxylic acids is 1. The third-order valence-corrected chi connectivity index (χ3v) is 5.99. The van der Waals surface area contributed by atoms with Crippen molar-refractivity contribution in [2.45, 2.75) is 65.5 Å². The number of carbonyl (C=O) groups is 1. The Morgan fingerprint density at radius 3 is 2.33 bits per heavy atom. The van der Waals surface area contributed by atoms with Gasteiger partial charge in [-0.05, 0) is 89.6 Å². The summed E-state index contributed by atoms with van der Waals surface area (Å²) in [5.74, 6) is 0.439. The van der Waals surface area contributed by atoms with Crippen LogP contribution in [-0.4, -0.2) is 35.6 Å². The summed E-state index contributed by atoms with van der Waals surface area (Å²) in [5, 5.41) is 10.2. The molecule has 0 aliphatic carbocycles. The molecule has 2 aromatic rings. The van der Waals surface area contributed by atoms with Gasteiger partial charge in [0.25, 0.3) is 5.91 Å². The van der Waals surface area contributed by atoms with E-state index in [-0.39, 0.29) is 17.0 Å². The number of anilines is 1. The van der Waals surface area contributed by atoms with E-state index < -0.39 is 0 Å². The molecule has 1 aromatic carbocycles. The zero-order valence-corrected chi connectivity index (χ0v) is 19.4. The number of hydrogen-bond acceptors (Lipinski definition) is 4. The maximum atomic E-state index is 13.2. The third-order valence-electron chi connectivity index (χ3n) is 5.99. The Bertz CT molecular complexity index is 899. The second-order valence-electron chi connectivity index (χ2n) is 10.0. The van der Waals surface area contributed by atoms with Crippen molar-refractivity contribution in [1.29, 1.82) is 0 Å². The van der Waals surface area contributed by atoms with Crippen LogP contribution >= 0.6 is 0 Å². The highest BCUT2D eigenvalue weighted by Gasteiger charge is 2.37. The molecule has 3 rings (SSSR count). The zero-order valence-electron chi connectivity index (χ0n) is 19.4. The maximum absolute atomic E-state index is 13.2. The van der Waals surface area contributed by atoms with E-state index in [0.29, 0.717) is 18.0 Å². The van der Waals surface area contributed by atoms with Gasteiger partial charge in [-0.2, -0.15) is 0 Å². The lowest BCUT2D eigenvalue weighted by Gasteiger charge is -2.46. The number of nitrogens with zero attached hydrogens (tertiary/aromatic N) is 1. The topological polar surface area (TPSA) is 66.0 Å². The molecule has 0 bridgehead atoms. The lowest BCUT2D eigenvalue weighted by molar-refractivity contribution is 0.0905. The summed E-state index contributed by atoms with van der Waals surface area (Å²) in [6.07, 6.45) is 3.96. The van der Waals surface area contributed by atoms with Crippen molar-refractivity contribution in [2.24, 2.45) is 5.92 Å². The predicted molar refractivity (Wildman–Crippen MR) is 125 cm³/mol. The highest BCUT2D eigenvalue weighted by atomic mass is 16.1. The highest BCUT2D eigenvalue weighted by molar-refractivity contribution is 5.98. The molecule has 0 radical (unpaired) electrons. The standard InChI is InChI=1S/C25H36N4O/c1-16-8-9-19(15-27-16)20-10-21(17(2)22(11-20)26-7)23(30)28-14-18-12-24(3,4)29-25(5,6)13-18/h8-11,15,18,26,29H,12-14H2,1-7H3,(H,28,30). The molecule has 0 unspecified atom stereocenters. The highest BCUT2D eigenvalue weighted by Crippen LogP contribution is 2.33.